The largest absolute Gasteiger partial charge is 0.347 e. The first-order valence-electron chi connectivity index (χ1n) is 7.87. The van der Waals surface area contributed by atoms with Gasteiger partial charge >= 0.3 is 0 Å². The van der Waals surface area contributed by atoms with Crippen LogP contribution >= 0.6 is 0 Å². The highest BCUT2D eigenvalue weighted by Crippen LogP contribution is 2.30. The van der Waals surface area contributed by atoms with Gasteiger partial charge in [0, 0.05) is 19.0 Å². The summed E-state index contributed by atoms with van der Waals surface area (Å²) in [4.78, 5) is 25.7. The quantitative estimate of drug-likeness (QED) is 0.735. The molecule has 20 heavy (non-hydrogen) atoms. The normalized spacial score (nSPS) is 22.4. The Balaban J connectivity index is 2.36. The number of carbonyl (C=O) groups excluding carboxylic acids is 2. The topological polar surface area (TPSA) is 75.4 Å². The van der Waals surface area contributed by atoms with E-state index in [0.717, 1.165) is 25.7 Å². The van der Waals surface area contributed by atoms with Gasteiger partial charge in [-0.05, 0) is 45.6 Å². The standard InChI is InChI=1S/C15H29N3O2/c1-3-18(4-2)14(19)11-17-15(20)13-7-5-6-12(10-13)8-9-16/h12-13H,3-11,16H2,1-2H3,(H,17,20). The maximum atomic E-state index is 12.1. The SMILES string of the molecule is CCN(CC)C(=O)CNC(=O)C1CCCC(CCN)C1. The van der Waals surface area contributed by atoms with E-state index in [0.29, 0.717) is 25.6 Å². The van der Waals surface area contributed by atoms with Crippen LogP contribution < -0.4 is 11.1 Å². The molecule has 1 aliphatic carbocycles. The highest BCUT2D eigenvalue weighted by molar-refractivity contribution is 5.85. The number of hydrogen-bond donors (Lipinski definition) is 2. The zero-order chi connectivity index (χ0) is 15.0. The smallest absolute Gasteiger partial charge is 0.241 e. The molecule has 3 N–H and O–H groups in total. The van der Waals surface area contributed by atoms with Crippen molar-refractivity contribution in [2.75, 3.05) is 26.2 Å². The molecule has 1 rings (SSSR count). The van der Waals surface area contributed by atoms with Gasteiger partial charge < -0.3 is 16.0 Å². The highest BCUT2D eigenvalue weighted by Gasteiger charge is 2.27. The minimum Gasteiger partial charge on any atom is -0.347 e. The monoisotopic (exact) mass is 283 g/mol. The molecule has 0 aromatic heterocycles. The van der Waals surface area contributed by atoms with Gasteiger partial charge in [-0.2, -0.15) is 0 Å². The van der Waals surface area contributed by atoms with Crippen LogP contribution in [0.2, 0.25) is 0 Å². The van der Waals surface area contributed by atoms with Crippen molar-refractivity contribution < 1.29 is 9.59 Å². The Morgan fingerprint density at radius 3 is 2.55 bits per heavy atom. The van der Waals surface area contributed by atoms with Gasteiger partial charge in [-0.1, -0.05) is 12.8 Å². The minimum absolute atomic E-state index is 0.00216. The number of carbonyl (C=O) groups is 2. The van der Waals surface area contributed by atoms with Gasteiger partial charge in [-0.3, -0.25) is 9.59 Å². The van der Waals surface area contributed by atoms with E-state index < -0.39 is 0 Å². The third-order valence-corrected chi connectivity index (χ3v) is 4.26. The van der Waals surface area contributed by atoms with Crippen molar-refractivity contribution in [3.8, 4) is 0 Å². The molecule has 0 bridgehead atoms. The van der Waals surface area contributed by atoms with Crippen LogP contribution in [0.3, 0.4) is 0 Å². The predicted molar refractivity (Wildman–Crippen MR) is 80.1 cm³/mol. The molecule has 0 radical (unpaired) electrons. The molecular formula is C15H29N3O2. The molecule has 1 fully saturated rings. The fraction of sp³-hybridized carbons (Fsp3) is 0.867. The first kappa shape index (κ1) is 17.0. The number of rotatable bonds is 7. The van der Waals surface area contributed by atoms with Crippen LogP contribution in [0.25, 0.3) is 0 Å². The van der Waals surface area contributed by atoms with Crippen LogP contribution in [0.15, 0.2) is 0 Å². The maximum absolute atomic E-state index is 12.1. The van der Waals surface area contributed by atoms with Gasteiger partial charge in [0.2, 0.25) is 11.8 Å². The Hall–Kier alpha value is -1.10. The van der Waals surface area contributed by atoms with Crippen molar-refractivity contribution in [2.45, 2.75) is 46.0 Å². The molecule has 0 aliphatic heterocycles. The highest BCUT2D eigenvalue weighted by atomic mass is 16.2. The molecule has 2 amide bonds. The second-order valence-corrected chi connectivity index (χ2v) is 5.59. The number of amides is 2. The van der Waals surface area contributed by atoms with E-state index in [1.54, 1.807) is 4.90 Å². The van der Waals surface area contributed by atoms with E-state index in [4.69, 9.17) is 5.73 Å². The van der Waals surface area contributed by atoms with E-state index >= 15 is 0 Å². The van der Waals surface area contributed by atoms with Crippen LogP contribution in [-0.4, -0.2) is 42.9 Å². The van der Waals surface area contributed by atoms with Gasteiger partial charge in [0.1, 0.15) is 0 Å². The lowest BCUT2D eigenvalue weighted by atomic mass is 9.79. The molecule has 0 heterocycles. The van der Waals surface area contributed by atoms with Crippen LogP contribution in [0.1, 0.15) is 46.0 Å². The Bertz CT molecular complexity index is 314. The third-order valence-electron chi connectivity index (χ3n) is 4.26. The Kier molecular flexibility index (Phi) is 7.59. The van der Waals surface area contributed by atoms with Crippen molar-refractivity contribution in [1.82, 2.24) is 10.2 Å². The first-order valence-corrected chi connectivity index (χ1v) is 7.87. The Morgan fingerprint density at radius 2 is 1.95 bits per heavy atom. The number of nitrogens with two attached hydrogens (primary N) is 1. The summed E-state index contributed by atoms with van der Waals surface area (Å²) in [5.41, 5.74) is 5.59. The van der Waals surface area contributed by atoms with Crippen LogP contribution in [0.5, 0.6) is 0 Å². The van der Waals surface area contributed by atoms with E-state index in [1.807, 2.05) is 13.8 Å². The molecule has 5 nitrogen and oxygen atoms in total. The fourth-order valence-corrected chi connectivity index (χ4v) is 3.02. The van der Waals surface area contributed by atoms with Gasteiger partial charge in [0.05, 0.1) is 6.54 Å². The summed E-state index contributed by atoms with van der Waals surface area (Å²) >= 11 is 0. The van der Waals surface area contributed by atoms with Gasteiger partial charge in [0.25, 0.3) is 0 Å². The van der Waals surface area contributed by atoms with Crippen LogP contribution in [0.4, 0.5) is 0 Å². The van der Waals surface area contributed by atoms with Gasteiger partial charge in [0.15, 0.2) is 0 Å². The van der Waals surface area contributed by atoms with Crippen LogP contribution in [-0.2, 0) is 9.59 Å². The molecule has 0 spiro atoms. The molecule has 2 unspecified atom stereocenters. The lowest BCUT2D eigenvalue weighted by Gasteiger charge is -2.28. The summed E-state index contributed by atoms with van der Waals surface area (Å²) in [6.45, 7) is 6.09. The molecule has 1 saturated carbocycles. The predicted octanol–water partition coefficient (Wildman–Crippen LogP) is 1.13. The first-order chi connectivity index (χ1) is 9.62. The average Bonchev–Trinajstić information content (AvgIpc) is 2.46. The summed E-state index contributed by atoms with van der Waals surface area (Å²) in [7, 11) is 0. The third kappa shape index (κ3) is 5.12. The molecule has 0 aromatic rings. The zero-order valence-corrected chi connectivity index (χ0v) is 12.9. The lowest BCUT2D eigenvalue weighted by Crippen LogP contribution is -2.42. The summed E-state index contributed by atoms with van der Waals surface area (Å²) in [5, 5.41) is 2.80. The molecule has 5 heteroatoms. The van der Waals surface area contributed by atoms with Crippen molar-refractivity contribution in [2.24, 2.45) is 17.6 Å². The molecular weight excluding hydrogens is 254 g/mol. The number of nitrogens with zero attached hydrogens (tertiary/aromatic N) is 1. The molecule has 1 aliphatic rings. The number of likely N-dealkylation sites (N-methyl/N-ethyl adjacent to an activating group) is 1. The van der Waals surface area contributed by atoms with Crippen molar-refractivity contribution in [3.63, 3.8) is 0 Å². The molecule has 2 atom stereocenters. The average molecular weight is 283 g/mol. The Labute approximate surface area is 122 Å². The second-order valence-electron chi connectivity index (χ2n) is 5.59. The molecule has 116 valence electrons. The van der Waals surface area contributed by atoms with Crippen molar-refractivity contribution in [3.05, 3.63) is 0 Å². The van der Waals surface area contributed by atoms with E-state index in [9.17, 15) is 9.59 Å². The van der Waals surface area contributed by atoms with E-state index in [-0.39, 0.29) is 24.3 Å². The lowest BCUT2D eigenvalue weighted by molar-refractivity contribution is -0.134. The summed E-state index contributed by atoms with van der Waals surface area (Å²) in [6.07, 6.45) is 5.13. The fourth-order valence-electron chi connectivity index (χ4n) is 3.02. The summed E-state index contributed by atoms with van der Waals surface area (Å²) < 4.78 is 0. The minimum atomic E-state index is -0.00216. The summed E-state index contributed by atoms with van der Waals surface area (Å²) in [5.74, 6) is 0.665. The molecule has 0 aromatic carbocycles. The van der Waals surface area contributed by atoms with Gasteiger partial charge in [-0.25, -0.2) is 0 Å². The second kappa shape index (κ2) is 8.95. The zero-order valence-electron chi connectivity index (χ0n) is 12.9. The van der Waals surface area contributed by atoms with Crippen LogP contribution in [0, 0.1) is 11.8 Å². The van der Waals surface area contributed by atoms with E-state index in [1.165, 1.54) is 6.42 Å². The number of hydrogen-bond acceptors (Lipinski definition) is 3. The molecule has 0 saturated heterocycles. The van der Waals surface area contributed by atoms with Gasteiger partial charge in [-0.15, -0.1) is 0 Å². The van der Waals surface area contributed by atoms with E-state index in [2.05, 4.69) is 5.32 Å². The maximum Gasteiger partial charge on any atom is 0.241 e. The summed E-state index contributed by atoms with van der Waals surface area (Å²) in [6, 6.07) is 0. The van der Waals surface area contributed by atoms with Crippen molar-refractivity contribution >= 4 is 11.8 Å². The van der Waals surface area contributed by atoms with Crippen molar-refractivity contribution in [1.29, 1.82) is 0 Å². The Morgan fingerprint density at radius 1 is 1.25 bits per heavy atom. The number of nitrogens with one attached hydrogen (secondary N) is 1.